The second kappa shape index (κ2) is 11.7. The van der Waals surface area contributed by atoms with Crippen LogP contribution in [0.4, 0.5) is 0 Å². The number of nitrogens with one attached hydrogen (secondary N) is 2. The predicted molar refractivity (Wildman–Crippen MR) is 107 cm³/mol. The fourth-order valence-corrected chi connectivity index (χ4v) is 3.25. The minimum absolute atomic E-state index is 0.137. The molecule has 1 rings (SSSR count). The number of nitrogens with zero attached hydrogens (tertiary/aromatic N) is 1. The SMILES string of the molecule is CC(O)C(NC(=O)C(CS)NC(=O)C(N)CCC(=O)O)C(=O)N1CCCC1C(=O)O. The number of thiol groups is 1. The fourth-order valence-electron chi connectivity index (χ4n) is 2.99. The summed E-state index contributed by atoms with van der Waals surface area (Å²) in [6.07, 6.45) is -1.04. The van der Waals surface area contributed by atoms with E-state index < -0.39 is 59.9 Å². The molecule has 1 fully saturated rings. The van der Waals surface area contributed by atoms with Crippen LogP contribution in [0.2, 0.25) is 0 Å². The number of aliphatic hydroxyl groups is 1. The van der Waals surface area contributed by atoms with Gasteiger partial charge in [0.15, 0.2) is 0 Å². The molecule has 5 unspecified atom stereocenters. The number of aliphatic carboxylic acids is 2. The number of nitrogens with two attached hydrogens (primary N) is 1. The maximum atomic E-state index is 12.7. The van der Waals surface area contributed by atoms with Crippen LogP contribution < -0.4 is 16.4 Å². The quantitative estimate of drug-likeness (QED) is 0.167. The first-order valence-corrected chi connectivity index (χ1v) is 10.0. The number of carbonyl (C=O) groups excluding carboxylic acids is 3. The van der Waals surface area contributed by atoms with Crippen molar-refractivity contribution in [3.05, 3.63) is 0 Å². The average molecular weight is 448 g/mol. The summed E-state index contributed by atoms with van der Waals surface area (Å²) in [6.45, 7) is 1.45. The Morgan fingerprint density at radius 2 is 1.80 bits per heavy atom. The summed E-state index contributed by atoms with van der Waals surface area (Å²) in [5, 5.41) is 32.5. The smallest absolute Gasteiger partial charge is 0.326 e. The molecule has 0 aromatic carbocycles. The lowest BCUT2D eigenvalue weighted by atomic mass is 10.1. The van der Waals surface area contributed by atoms with Crippen LogP contribution in [0.5, 0.6) is 0 Å². The molecule has 7 N–H and O–H groups in total. The van der Waals surface area contributed by atoms with Gasteiger partial charge in [-0.2, -0.15) is 12.6 Å². The molecule has 1 saturated heterocycles. The van der Waals surface area contributed by atoms with Crippen LogP contribution in [0.1, 0.15) is 32.6 Å². The highest BCUT2D eigenvalue weighted by atomic mass is 32.1. The maximum absolute atomic E-state index is 12.7. The van der Waals surface area contributed by atoms with Crippen molar-refractivity contribution in [3.8, 4) is 0 Å². The Bertz CT molecular complexity index is 674. The van der Waals surface area contributed by atoms with Gasteiger partial charge < -0.3 is 36.6 Å². The van der Waals surface area contributed by atoms with Gasteiger partial charge in [-0.3, -0.25) is 19.2 Å². The molecule has 12 nitrogen and oxygen atoms in total. The average Bonchev–Trinajstić information content (AvgIpc) is 3.17. The number of aliphatic hydroxyl groups excluding tert-OH is 1. The van der Waals surface area contributed by atoms with E-state index in [9.17, 15) is 34.2 Å². The first-order chi connectivity index (χ1) is 14.0. The topological polar surface area (TPSA) is 199 Å². The molecule has 1 heterocycles. The highest BCUT2D eigenvalue weighted by molar-refractivity contribution is 7.80. The monoisotopic (exact) mass is 448 g/mol. The largest absolute Gasteiger partial charge is 0.481 e. The summed E-state index contributed by atoms with van der Waals surface area (Å²) in [5.41, 5.74) is 5.60. The Labute approximate surface area is 178 Å². The van der Waals surface area contributed by atoms with Crippen molar-refractivity contribution in [1.29, 1.82) is 0 Å². The van der Waals surface area contributed by atoms with Gasteiger partial charge in [0.25, 0.3) is 0 Å². The molecule has 13 heteroatoms. The molecule has 0 spiro atoms. The molecule has 0 radical (unpaired) electrons. The Balaban J connectivity index is 2.80. The number of carboxylic acid groups (broad SMARTS) is 2. The van der Waals surface area contributed by atoms with E-state index in [1.807, 2.05) is 0 Å². The van der Waals surface area contributed by atoms with Crippen molar-refractivity contribution < 1.29 is 39.3 Å². The number of carboxylic acids is 2. The van der Waals surface area contributed by atoms with Crippen LogP contribution in [0, 0.1) is 0 Å². The van der Waals surface area contributed by atoms with Gasteiger partial charge in [-0.05, 0) is 26.2 Å². The van der Waals surface area contributed by atoms with Crippen LogP contribution in [-0.2, 0) is 24.0 Å². The molecule has 30 heavy (non-hydrogen) atoms. The van der Waals surface area contributed by atoms with Crippen molar-refractivity contribution in [2.24, 2.45) is 5.73 Å². The number of likely N-dealkylation sites (tertiary alicyclic amines) is 1. The third kappa shape index (κ3) is 7.15. The molecule has 0 aromatic heterocycles. The van der Waals surface area contributed by atoms with Gasteiger partial charge in [-0.25, -0.2) is 4.79 Å². The molecule has 5 atom stereocenters. The van der Waals surface area contributed by atoms with Gasteiger partial charge in [-0.15, -0.1) is 0 Å². The van der Waals surface area contributed by atoms with Crippen LogP contribution in [0.25, 0.3) is 0 Å². The van der Waals surface area contributed by atoms with E-state index in [1.165, 1.54) is 6.92 Å². The van der Waals surface area contributed by atoms with Gasteiger partial charge in [0.1, 0.15) is 18.1 Å². The van der Waals surface area contributed by atoms with Crippen molar-refractivity contribution >= 4 is 42.3 Å². The molecule has 1 aliphatic rings. The zero-order valence-electron chi connectivity index (χ0n) is 16.5. The molecule has 0 bridgehead atoms. The lowest BCUT2D eigenvalue weighted by Gasteiger charge is -2.30. The molecular weight excluding hydrogens is 420 g/mol. The Morgan fingerprint density at radius 1 is 1.17 bits per heavy atom. The molecular formula is C17H28N4O8S. The van der Waals surface area contributed by atoms with E-state index in [4.69, 9.17) is 10.8 Å². The van der Waals surface area contributed by atoms with Crippen LogP contribution in [0.3, 0.4) is 0 Å². The summed E-state index contributed by atoms with van der Waals surface area (Å²) in [5.74, 6) is -4.80. The Morgan fingerprint density at radius 3 is 2.30 bits per heavy atom. The van der Waals surface area contributed by atoms with E-state index in [0.717, 1.165) is 4.90 Å². The standard InChI is InChI=1S/C17H28N4O8S/c1-8(22)13(16(27)21-6-2-3-11(21)17(28)29)20-15(26)10(7-30)19-14(25)9(18)4-5-12(23)24/h8-11,13,22,30H,2-7,18H2,1H3,(H,19,25)(H,20,26)(H,23,24)(H,28,29). The number of carbonyl (C=O) groups is 5. The van der Waals surface area contributed by atoms with Crippen LogP contribution >= 0.6 is 12.6 Å². The van der Waals surface area contributed by atoms with Gasteiger partial charge in [-0.1, -0.05) is 0 Å². The molecule has 0 aromatic rings. The first kappa shape index (κ1) is 25.7. The van der Waals surface area contributed by atoms with Gasteiger partial charge in [0.2, 0.25) is 17.7 Å². The highest BCUT2D eigenvalue weighted by Gasteiger charge is 2.39. The van der Waals surface area contributed by atoms with E-state index >= 15 is 0 Å². The lowest BCUT2D eigenvalue weighted by molar-refractivity contribution is -0.150. The summed E-state index contributed by atoms with van der Waals surface area (Å²) in [6, 6.07) is -4.83. The Hall–Kier alpha value is -2.38. The van der Waals surface area contributed by atoms with Crippen molar-refractivity contribution in [3.63, 3.8) is 0 Å². The van der Waals surface area contributed by atoms with Crippen LogP contribution in [-0.4, -0.2) is 92.4 Å². The highest BCUT2D eigenvalue weighted by Crippen LogP contribution is 2.19. The molecule has 170 valence electrons. The van der Waals surface area contributed by atoms with E-state index in [2.05, 4.69) is 23.3 Å². The normalized spacial score (nSPS) is 20.0. The molecule has 1 aliphatic heterocycles. The van der Waals surface area contributed by atoms with Gasteiger partial charge in [0.05, 0.1) is 12.1 Å². The molecule has 0 saturated carbocycles. The van der Waals surface area contributed by atoms with Gasteiger partial charge >= 0.3 is 11.9 Å². The minimum atomic E-state index is -1.42. The number of amides is 3. The zero-order chi connectivity index (χ0) is 23.0. The Kier molecular flexibility index (Phi) is 10.0. The van der Waals surface area contributed by atoms with Gasteiger partial charge in [0, 0.05) is 18.7 Å². The summed E-state index contributed by atoms with van der Waals surface area (Å²) >= 11 is 3.99. The molecule has 3 amide bonds. The van der Waals surface area contributed by atoms with E-state index in [1.54, 1.807) is 0 Å². The van der Waals surface area contributed by atoms with E-state index in [0.29, 0.717) is 6.42 Å². The van der Waals surface area contributed by atoms with Crippen molar-refractivity contribution in [2.45, 2.75) is 62.9 Å². The fraction of sp³-hybridized carbons (Fsp3) is 0.706. The lowest BCUT2D eigenvalue weighted by Crippen LogP contribution is -2.60. The summed E-state index contributed by atoms with van der Waals surface area (Å²) in [4.78, 5) is 60.3. The summed E-state index contributed by atoms with van der Waals surface area (Å²) in [7, 11) is 0. The van der Waals surface area contributed by atoms with Crippen LogP contribution in [0.15, 0.2) is 0 Å². The van der Waals surface area contributed by atoms with E-state index in [-0.39, 0.29) is 31.6 Å². The second-order valence-corrected chi connectivity index (χ2v) is 7.40. The maximum Gasteiger partial charge on any atom is 0.326 e. The third-order valence-electron chi connectivity index (χ3n) is 4.69. The first-order valence-electron chi connectivity index (χ1n) is 9.39. The van der Waals surface area contributed by atoms with Crippen molar-refractivity contribution in [2.75, 3.05) is 12.3 Å². The number of rotatable bonds is 11. The predicted octanol–water partition coefficient (Wildman–Crippen LogP) is -2.47. The summed E-state index contributed by atoms with van der Waals surface area (Å²) < 4.78 is 0. The second-order valence-electron chi connectivity index (χ2n) is 7.04. The zero-order valence-corrected chi connectivity index (χ0v) is 17.4. The van der Waals surface area contributed by atoms with Crippen molar-refractivity contribution in [1.82, 2.24) is 15.5 Å². The molecule has 0 aliphatic carbocycles. The minimum Gasteiger partial charge on any atom is -0.481 e. The third-order valence-corrected chi connectivity index (χ3v) is 5.05. The number of hydrogen-bond acceptors (Lipinski definition) is 8. The number of hydrogen-bond donors (Lipinski definition) is 7.